The molecule has 1 aliphatic heterocycles. The topological polar surface area (TPSA) is 30.5 Å². The second-order valence-corrected chi connectivity index (χ2v) is 5.67. The molecule has 0 bridgehead atoms. The van der Waals surface area contributed by atoms with Gasteiger partial charge in [-0.2, -0.15) is 0 Å². The number of rotatable bonds is 5. The first-order valence-corrected chi connectivity index (χ1v) is 8.04. The van der Waals surface area contributed by atoms with Gasteiger partial charge in [-0.25, -0.2) is 0 Å². The van der Waals surface area contributed by atoms with Gasteiger partial charge in [-0.05, 0) is 62.2 Å². The fraction of sp³-hybridized carbons (Fsp3) is 0.368. The van der Waals surface area contributed by atoms with E-state index in [-0.39, 0.29) is 0 Å². The molecule has 2 aromatic carbocycles. The SMILES string of the molecule is c1ccc(COc2ccc(OC3CCCNCC3)cc2)cc1. The highest BCUT2D eigenvalue weighted by molar-refractivity contribution is 5.31. The lowest BCUT2D eigenvalue weighted by Gasteiger charge is -2.17. The largest absolute Gasteiger partial charge is 0.490 e. The summed E-state index contributed by atoms with van der Waals surface area (Å²) in [5, 5.41) is 3.40. The number of nitrogens with one attached hydrogen (secondary N) is 1. The van der Waals surface area contributed by atoms with E-state index in [1.54, 1.807) is 0 Å². The van der Waals surface area contributed by atoms with Crippen molar-refractivity contribution in [2.75, 3.05) is 13.1 Å². The van der Waals surface area contributed by atoms with Crippen LogP contribution in [0.25, 0.3) is 0 Å². The normalized spacial score (nSPS) is 18.5. The molecule has 2 aromatic rings. The Balaban J connectivity index is 1.51. The van der Waals surface area contributed by atoms with Gasteiger partial charge >= 0.3 is 0 Å². The maximum atomic E-state index is 6.06. The lowest BCUT2D eigenvalue weighted by Crippen LogP contribution is -2.19. The molecule has 3 rings (SSSR count). The summed E-state index contributed by atoms with van der Waals surface area (Å²) in [5.41, 5.74) is 1.17. The average Bonchev–Trinajstić information content (AvgIpc) is 2.84. The molecule has 0 amide bonds. The Morgan fingerprint density at radius 3 is 2.45 bits per heavy atom. The van der Waals surface area contributed by atoms with E-state index in [2.05, 4.69) is 17.4 Å². The number of benzene rings is 2. The second-order valence-electron chi connectivity index (χ2n) is 5.67. The zero-order valence-electron chi connectivity index (χ0n) is 12.8. The molecule has 116 valence electrons. The molecular weight excluding hydrogens is 274 g/mol. The van der Waals surface area contributed by atoms with Crippen LogP contribution in [0.15, 0.2) is 54.6 Å². The first-order chi connectivity index (χ1) is 10.9. The minimum Gasteiger partial charge on any atom is -0.490 e. The Morgan fingerprint density at radius 2 is 1.64 bits per heavy atom. The predicted molar refractivity (Wildman–Crippen MR) is 88.4 cm³/mol. The zero-order valence-corrected chi connectivity index (χ0v) is 12.8. The van der Waals surface area contributed by atoms with E-state index in [1.165, 1.54) is 12.0 Å². The molecule has 0 spiro atoms. The highest BCUT2D eigenvalue weighted by Gasteiger charge is 2.13. The molecule has 1 N–H and O–H groups in total. The Morgan fingerprint density at radius 1 is 0.864 bits per heavy atom. The van der Waals surface area contributed by atoms with Gasteiger partial charge in [0, 0.05) is 0 Å². The first-order valence-electron chi connectivity index (χ1n) is 8.04. The van der Waals surface area contributed by atoms with Gasteiger partial charge in [-0.15, -0.1) is 0 Å². The van der Waals surface area contributed by atoms with Crippen LogP contribution in [0.4, 0.5) is 0 Å². The van der Waals surface area contributed by atoms with E-state index >= 15 is 0 Å². The maximum Gasteiger partial charge on any atom is 0.120 e. The summed E-state index contributed by atoms with van der Waals surface area (Å²) >= 11 is 0. The van der Waals surface area contributed by atoms with Gasteiger partial charge in [-0.3, -0.25) is 0 Å². The fourth-order valence-electron chi connectivity index (χ4n) is 2.65. The predicted octanol–water partition coefficient (Wildman–Crippen LogP) is 3.79. The first kappa shape index (κ1) is 14.9. The molecule has 22 heavy (non-hydrogen) atoms. The van der Waals surface area contributed by atoms with Crippen LogP contribution in [-0.4, -0.2) is 19.2 Å². The molecular formula is C19H23NO2. The van der Waals surface area contributed by atoms with Crippen molar-refractivity contribution in [3.63, 3.8) is 0 Å². The molecule has 3 heteroatoms. The van der Waals surface area contributed by atoms with Crippen LogP contribution >= 0.6 is 0 Å². The van der Waals surface area contributed by atoms with Crippen LogP contribution in [0, 0.1) is 0 Å². The summed E-state index contributed by atoms with van der Waals surface area (Å²) in [6.45, 7) is 2.74. The van der Waals surface area contributed by atoms with Crippen molar-refractivity contribution in [3.05, 3.63) is 60.2 Å². The third-order valence-electron chi connectivity index (χ3n) is 3.90. The summed E-state index contributed by atoms with van der Waals surface area (Å²) in [4.78, 5) is 0. The van der Waals surface area contributed by atoms with E-state index < -0.39 is 0 Å². The van der Waals surface area contributed by atoms with Crippen LogP contribution in [0.2, 0.25) is 0 Å². The van der Waals surface area contributed by atoms with Crippen LogP contribution in [0.3, 0.4) is 0 Å². The molecule has 0 radical (unpaired) electrons. The van der Waals surface area contributed by atoms with Crippen molar-refractivity contribution < 1.29 is 9.47 Å². The third kappa shape index (κ3) is 4.50. The van der Waals surface area contributed by atoms with Crippen LogP contribution in [0.5, 0.6) is 11.5 Å². The minimum absolute atomic E-state index is 0.325. The lowest BCUT2D eigenvalue weighted by molar-refractivity contribution is 0.187. The molecule has 1 fully saturated rings. The van der Waals surface area contributed by atoms with Crippen molar-refractivity contribution in [2.45, 2.75) is 32.0 Å². The van der Waals surface area contributed by atoms with Gasteiger partial charge in [0.2, 0.25) is 0 Å². The number of ether oxygens (including phenoxy) is 2. The molecule has 1 saturated heterocycles. The minimum atomic E-state index is 0.325. The Labute approximate surface area is 132 Å². The Kier molecular flexibility index (Phi) is 5.32. The van der Waals surface area contributed by atoms with Crippen LogP contribution in [0.1, 0.15) is 24.8 Å². The summed E-state index contributed by atoms with van der Waals surface area (Å²) in [6, 6.07) is 18.2. The van der Waals surface area contributed by atoms with Crippen molar-refractivity contribution in [2.24, 2.45) is 0 Å². The molecule has 0 aliphatic carbocycles. The summed E-state index contributed by atoms with van der Waals surface area (Å²) < 4.78 is 11.8. The average molecular weight is 297 g/mol. The smallest absolute Gasteiger partial charge is 0.120 e. The molecule has 1 heterocycles. The monoisotopic (exact) mass is 297 g/mol. The number of hydrogen-bond acceptors (Lipinski definition) is 3. The van der Waals surface area contributed by atoms with E-state index in [1.807, 2.05) is 42.5 Å². The highest BCUT2D eigenvalue weighted by atomic mass is 16.5. The standard InChI is InChI=1S/C19H23NO2/c1-2-5-16(6-3-1)15-21-17-8-10-19(11-9-17)22-18-7-4-13-20-14-12-18/h1-3,5-6,8-11,18,20H,4,7,12-15H2. The molecule has 0 aromatic heterocycles. The van der Waals surface area contributed by atoms with Crippen molar-refractivity contribution in [3.8, 4) is 11.5 Å². The van der Waals surface area contributed by atoms with E-state index in [0.717, 1.165) is 37.4 Å². The maximum absolute atomic E-state index is 6.06. The molecule has 0 saturated carbocycles. The number of hydrogen-bond donors (Lipinski definition) is 1. The highest BCUT2D eigenvalue weighted by Crippen LogP contribution is 2.21. The third-order valence-corrected chi connectivity index (χ3v) is 3.90. The van der Waals surface area contributed by atoms with Gasteiger partial charge in [-0.1, -0.05) is 30.3 Å². The van der Waals surface area contributed by atoms with Crippen molar-refractivity contribution >= 4 is 0 Å². The summed E-state index contributed by atoms with van der Waals surface area (Å²) in [6.07, 6.45) is 3.71. The van der Waals surface area contributed by atoms with Gasteiger partial charge in [0.1, 0.15) is 18.1 Å². The van der Waals surface area contributed by atoms with E-state index in [9.17, 15) is 0 Å². The van der Waals surface area contributed by atoms with Gasteiger partial charge in [0.15, 0.2) is 0 Å². The Hall–Kier alpha value is -2.00. The summed E-state index contributed by atoms with van der Waals surface area (Å²) in [7, 11) is 0. The van der Waals surface area contributed by atoms with E-state index in [0.29, 0.717) is 12.7 Å². The molecule has 1 unspecified atom stereocenters. The van der Waals surface area contributed by atoms with Crippen LogP contribution < -0.4 is 14.8 Å². The molecule has 3 nitrogen and oxygen atoms in total. The second kappa shape index (κ2) is 7.85. The van der Waals surface area contributed by atoms with E-state index in [4.69, 9.17) is 9.47 Å². The molecule has 1 atom stereocenters. The van der Waals surface area contributed by atoms with Gasteiger partial charge < -0.3 is 14.8 Å². The molecule has 1 aliphatic rings. The van der Waals surface area contributed by atoms with Gasteiger partial charge in [0.25, 0.3) is 0 Å². The fourth-order valence-corrected chi connectivity index (χ4v) is 2.65. The quantitative estimate of drug-likeness (QED) is 0.911. The van der Waals surface area contributed by atoms with Crippen molar-refractivity contribution in [1.82, 2.24) is 5.32 Å². The zero-order chi connectivity index (χ0) is 15.0. The van der Waals surface area contributed by atoms with Crippen molar-refractivity contribution in [1.29, 1.82) is 0 Å². The lowest BCUT2D eigenvalue weighted by atomic mass is 10.1. The summed E-state index contributed by atoms with van der Waals surface area (Å²) in [5.74, 6) is 1.80. The van der Waals surface area contributed by atoms with Gasteiger partial charge in [0.05, 0.1) is 6.10 Å². The van der Waals surface area contributed by atoms with Crippen LogP contribution in [-0.2, 0) is 6.61 Å². The Bertz CT molecular complexity index is 545.